The zero-order valence-corrected chi connectivity index (χ0v) is 10.9. The Morgan fingerprint density at radius 1 is 1.50 bits per heavy atom. The van der Waals surface area contributed by atoms with Crippen LogP contribution in [0.25, 0.3) is 10.9 Å². The summed E-state index contributed by atoms with van der Waals surface area (Å²) in [6.07, 6.45) is -0.758. The fraction of sp³-hybridized carbons (Fsp3) is 0.308. The van der Waals surface area contributed by atoms with Crippen LogP contribution in [0.1, 0.15) is 6.92 Å². The van der Waals surface area contributed by atoms with Gasteiger partial charge in [-0.15, -0.1) is 11.8 Å². The number of para-hydroxylation sites is 1. The Labute approximate surface area is 109 Å². The van der Waals surface area contributed by atoms with E-state index in [2.05, 4.69) is 4.98 Å². The lowest BCUT2D eigenvalue weighted by molar-refractivity contribution is -0.148. The summed E-state index contributed by atoms with van der Waals surface area (Å²) >= 11 is 1.46. The van der Waals surface area contributed by atoms with Crippen LogP contribution in [0.2, 0.25) is 0 Å². The Balaban J connectivity index is 2.02. The van der Waals surface area contributed by atoms with Crippen LogP contribution in [0.4, 0.5) is 0 Å². The summed E-state index contributed by atoms with van der Waals surface area (Å²) in [7, 11) is 0. The molecule has 2 rings (SSSR count). The van der Waals surface area contributed by atoms with Gasteiger partial charge in [-0.2, -0.15) is 0 Å². The molecule has 0 saturated heterocycles. The third-order valence-electron chi connectivity index (χ3n) is 2.54. The van der Waals surface area contributed by atoms with Gasteiger partial charge >= 0.3 is 5.97 Å². The van der Waals surface area contributed by atoms with Gasteiger partial charge in [-0.25, -0.2) is 4.79 Å². The minimum Gasteiger partial charge on any atom is -0.479 e. The molecule has 1 heterocycles. The molecule has 18 heavy (non-hydrogen) atoms. The van der Waals surface area contributed by atoms with E-state index in [0.717, 1.165) is 15.9 Å². The van der Waals surface area contributed by atoms with Crippen molar-refractivity contribution in [1.82, 2.24) is 4.98 Å². The van der Waals surface area contributed by atoms with E-state index in [1.54, 1.807) is 6.92 Å². The van der Waals surface area contributed by atoms with Crippen LogP contribution in [0.15, 0.2) is 35.4 Å². The number of hydrogen-bond donors (Lipinski definition) is 2. The highest BCUT2D eigenvalue weighted by molar-refractivity contribution is 7.99. The van der Waals surface area contributed by atoms with Gasteiger partial charge in [0.05, 0.1) is 5.03 Å². The van der Waals surface area contributed by atoms with E-state index in [0.29, 0.717) is 12.4 Å². The monoisotopic (exact) mass is 265 g/mol. The van der Waals surface area contributed by atoms with Gasteiger partial charge in [0.1, 0.15) is 0 Å². The van der Waals surface area contributed by atoms with Crippen molar-refractivity contribution in [3.8, 4) is 0 Å². The van der Waals surface area contributed by atoms with Crippen molar-refractivity contribution in [3.63, 3.8) is 0 Å². The van der Waals surface area contributed by atoms with Crippen molar-refractivity contribution >= 4 is 28.6 Å². The van der Waals surface area contributed by atoms with Gasteiger partial charge in [-0.3, -0.25) is 0 Å². The standard InChI is InChI=1S/C13H15NO3S/c1-2-17-11(13(15)16)8-18-12-7-9-5-3-4-6-10(9)14-12/h3-7,11,14H,2,8H2,1H3,(H,15,16). The molecule has 0 aliphatic carbocycles. The summed E-state index contributed by atoms with van der Waals surface area (Å²) in [5.74, 6) is -0.517. The summed E-state index contributed by atoms with van der Waals surface area (Å²) in [6, 6.07) is 9.98. The van der Waals surface area contributed by atoms with Gasteiger partial charge in [0.25, 0.3) is 0 Å². The molecule has 1 aromatic heterocycles. The number of H-pyrrole nitrogens is 1. The minimum absolute atomic E-state index is 0.399. The molecule has 0 aliphatic heterocycles. The maximum atomic E-state index is 10.9. The maximum Gasteiger partial charge on any atom is 0.333 e. The molecular formula is C13H15NO3S. The van der Waals surface area contributed by atoms with E-state index in [9.17, 15) is 4.79 Å². The van der Waals surface area contributed by atoms with E-state index in [4.69, 9.17) is 9.84 Å². The van der Waals surface area contributed by atoms with Crippen LogP contribution in [-0.4, -0.2) is 34.5 Å². The fourth-order valence-corrected chi connectivity index (χ4v) is 2.64. The molecule has 0 aliphatic rings. The average Bonchev–Trinajstić information content (AvgIpc) is 2.76. The number of carboxylic acid groups (broad SMARTS) is 1. The third kappa shape index (κ3) is 3.05. The van der Waals surface area contributed by atoms with E-state index >= 15 is 0 Å². The Hall–Kier alpha value is -1.46. The topological polar surface area (TPSA) is 62.3 Å². The molecule has 0 fully saturated rings. The highest BCUT2D eigenvalue weighted by Gasteiger charge is 2.17. The minimum atomic E-state index is -0.916. The smallest absolute Gasteiger partial charge is 0.333 e. The van der Waals surface area contributed by atoms with Crippen LogP contribution < -0.4 is 0 Å². The summed E-state index contributed by atoms with van der Waals surface area (Å²) in [6.45, 7) is 2.20. The number of aromatic nitrogens is 1. The third-order valence-corrected chi connectivity index (χ3v) is 3.54. The Kier molecular flexibility index (Phi) is 4.28. The van der Waals surface area contributed by atoms with Gasteiger partial charge in [-0.05, 0) is 19.1 Å². The molecule has 0 amide bonds. The molecular weight excluding hydrogens is 250 g/mol. The van der Waals surface area contributed by atoms with Gasteiger partial charge in [-0.1, -0.05) is 18.2 Å². The lowest BCUT2D eigenvalue weighted by atomic mass is 10.3. The number of carbonyl (C=O) groups is 1. The van der Waals surface area contributed by atoms with Crippen molar-refractivity contribution in [2.75, 3.05) is 12.4 Å². The number of thioether (sulfide) groups is 1. The largest absolute Gasteiger partial charge is 0.479 e. The zero-order valence-electron chi connectivity index (χ0n) is 10.1. The van der Waals surface area contributed by atoms with Crippen LogP contribution in [0.5, 0.6) is 0 Å². The first kappa shape index (κ1) is 13.0. The van der Waals surface area contributed by atoms with Crippen LogP contribution in [0, 0.1) is 0 Å². The molecule has 0 radical (unpaired) electrons. The number of rotatable bonds is 6. The fourth-order valence-electron chi connectivity index (χ4n) is 1.68. The SMILES string of the molecule is CCOC(CSc1cc2ccccc2[nH]1)C(=O)O. The second-order valence-electron chi connectivity index (χ2n) is 3.81. The predicted molar refractivity (Wildman–Crippen MR) is 72.1 cm³/mol. The molecule has 0 spiro atoms. The van der Waals surface area contributed by atoms with Gasteiger partial charge in [0.2, 0.25) is 0 Å². The highest BCUT2D eigenvalue weighted by atomic mass is 32.2. The molecule has 96 valence electrons. The van der Waals surface area contributed by atoms with E-state index < -0.39 is 12.1 Å². The first-order valence-electron chi connectivity index (χ1n) is 5.75. The van der Waals surface area contributed by atoms with E-state index in [-0.39, 0.29) is 0 Å². The molecule has 0 bridgehead atoms. The van der Waals surface area contributed by atoms with Crippen molar-refractivity contribution in [1.29, 1.82) is 0 Å². The molecule has 1 unspecified atom stereocenters. The second kappa shape index (κ2) is 5.93. The normalized spacial score (nSPS) is 12.7. The van der Waals surface area contributed by atoms with Crippen LogP contribution >= 0.6 is 11.8 Å². The Morgan fingerprint density at radius 3 is 2.94 bits per heavy atom. The molecule has 2 N–H and O–H groups in total. The lowest BCUT2D eigenvalue weighted by Gasteiger charge is -2.10. The molecule has 4 nitrogen and oxygen atoms in total. The summed E-state index contributed by atoms with van der Waals surface area (Å²) < 4.78 is 5.16. The van der Waals surface area contributed by atoms with Crippen molar-refractivity contribution in [2.45, 2.75) is 18.1 Å². The molecule has 1 aromatic carbocycles. The number of benzene rings is 1. The molecule has 1 atom stereocenters. The van der Waals surface area contributed by atoms with E-state index in [1.165, 1.54) is 11.8 Å². The van der Waals surface area contributed by atoms with Crippen LogP contribution in [0.3, 0.4) is 0 Å². The first-order valence-corrected chi connectivity index (χ1v) is 6.74. The Morgan fingerprint density at radius 2 is 2.28 bits per heavy atom. The summed E-state index contributed by atoms with van der Waals surface area (Å²) in [4.78, 5) is 14.2. The van der Waals surface area contributed by atoms with E-state index in [1.807, 2.05) is 30.3 Å². The van der Waals surface area contributed by atoms with Crippen LogP contribution in [-0.2, 0) is 9.53 Å². The van der Waals surface area contributed by atoms with Crippen molar-refractivity contribution in [2.24, 2.45) is 0 Å². The highest BCUT2D eigenvalue weighted by Crippen LogP contribution is 2.24. The predicted octanol–water partition coefficient (Wildman–Crippen LogP) is 2.75. The number of ether oxygens (including phenoxy) is 1. The van der Waals surface area contributed by atoms with Gasteiger partial charge in [0.15, 0.2) is 6.10 Å². The number of fused-ring (bicyclic) bond motifs is 1. The number of aromatic amines is 1. The quantitative estimate of drug-likeness (QED) is 0.788. The molecule has 0 saturated carbocycles. The second-order valence-corrected chi connectivity index (χ2v) is 4.88. The zero-order chi connectivity index (χ0) is 13.0. The number of carboxylic acids is 1. The summed E-state index contributed by atoms with van der Waals surface area (Å²) in [5, 5.41) is 11.1. The molecule has 2 aromatic rings. The maximum absolute atomic E-state index is 10.9. The lowest BCUT2D eigenvalue weighted by Crippen LogP contribution is -2.26. The number of aliphatic carboxylic acids is 1. The number of nitrogens with one attached hydrogen (secondary N) is 1. The first-order chi connectivity index (χ1) is 8.70. The molecule has 5 heteroatoms. The van der Waals surface area contributed by atoms with Crippen molar-refractivity contribution in [3.05, 3.63) is 30.3 Å². The van der Waals surface area contributed by atoms with Crippen molar-refractivity contribution < 1.29 is 14.6 Å². The summed E-state index contributed by atoms with van der Waals surface area (Å²) in [5.41, 5.74) is 1.06. The average molecular weight is 265 g/mol. The van der Waals surface area contributed by atoms with Gasteiger partial charge in [0, 0.05) is 23.3 Å². The number of hydrogen-bond acceptors (Lipinski definition) is 3. The Bertz CT molecular complexity index is 505. The van der Waals surface area contributed by atoms with Gasteiger partial charge < -0.3 is 14.8 Å².